The predicted molar refractivity (Wildman–Crippen MR) is 93.7 cm³/mol. The Morgan fingerprint density at radius 2 is 1.84 bits per heavy atom. The van der Waals surface area contributed by atoms with Crippen molar-refractivity contribution in [1.82, 2.24) is 0 Å². The molecule has 4 heteroatoms. The smallest absolute Gasteiger partial charge is 0.338 e. The van der Waals surface area contributed by atoms with Crippen molar-refractivity contribution in [2.24, 2.45) is 28.6 Å². The minimum Gasteiger partial charge on any atom is -0.467 e. The summed E-state index contributed by atoms with van der Waals surface area (Å²) < 4.78 is 4.97. The molecule has 3 saturated carbocycles. The zero-order valence-electron chi connectivity index (χ0n) is 15.6. The van der Waals surface area contributed by atoms with Crippen molar-refractivity contribution in [1.29, 1.82) is 0 Å². The average Bonchev–Trinajstić information content (AvgIpc) is 2.87. The fourth-order valence-electron chi connectivity index (χ4n) is 7.08. The molecular weight excluding hydrogens is 316 g/mol. The monoisotopic (exact) mass is 346 g/mol. The van der Waals surface area contributed by atoms with Crippen LogP contribution in [0.2, 0.25) is 0 Å². The molecule has 4 rings (SSSR count). The maximum Gasteiger partial charge on any atom is 0.338 e. The van der Waals surface area contributed by atoms with Gasteiger partial charge >= 0.3 is 5.97 Å². The lowest BCUT2D eigenvalue weighted by molar-refractivity contribution is -0.184. The number of hydrogen-bond donors (Lipinski definition) is 1. The summed E-state index contributed by atoms with van der Waals surface area (Å²) in [6.45, 7) is 4.46. The van der Waals surface area contributed by atoms with Gasteiger partial charge in [-0.25, -0.2) is 4.79 Å². The highest BCUT2D eigenvalue weighted by Gasteiger charge is 2.67. The first-order chi connectivity index (χ1) is 11.8. The minimum atomic E-state index is -1.34. The number of ether oxygens (including phenoxy) is 1. The molecule has 138 valence electrons. The van der Waals surface area contributed by atoms with E-state index >= 15 is 0 Å². The van der Waals surface area contributed by atoms with Gasteiger partial charge < -0.3 is 9.84 Å². The van der Waals surface area contributed by atoms with Crippen molar-refractivity contribution in [3.8, 4) is 0 Å². The molecule has 3 fully saturated rings. The van der Waals surface area contributed by atoms with Gasteiger partial charge in [-0.1, -0.05) is 19.4 Å². The predicted octanol–water partition coefficient (Wildman–Crippen LogP) is 3.42. The van der Waals surface area contributed by atoms with Crippen LogP contribution in [0.5, 0.6) is 0 Å². The molecule has 25 heavy (non-hydrogen) atoms. The van der Waals surface area contributed by atoms with Crippen LogP contribution in [0.3, 0.4) is 0 Å². The minimum absolute atomic E-state index is 0.129. The van der Waals surface area contributed by atoms with E-state index in [2.05, 4.69) is 13.8 Å². The summed E-state index contributed by atoms with van der Waals surface area (Å²) in [5, 5.41) is 11.2. The molecule has 0 spiro atoms. The standard InChI is InChI=1S/C21H30O4/c1-19-9-6-14(22)12-13(19)4-5-15-16(19)7-10-20(2)17(15)8-11-21(20,24)18(23)25-3/h12,15-17,24H,4-11H2,1-3H3/t15-,16+,17+,19+,20+,21+/m1/s1. The molecule has 0 aliphatic heterocycles. The van der Waals surface area contributed by atoms with Crippen LogP contribution >= 0.6 is 0 Å². The fourth-order valence-corrected chi connectivity index (χ4v) is 7.08. The largest absolute Gasteiger partial charge is 0.467 e. The molecule has 4 aliphatic carbocycles. The molecule has 0 aromatic heterocycles. The average molecular weight is 346 g/mol. The Hall–Kier alpha value is -1.16. The second kappa shape index (κ2) is 5.42. The zero-order valence-corrected chi connectivity index (χ0v) is 15.6. The number of carbonyl (C=O) groups is 2. The Bertz CT molecular complexity index is 652. The lowest BCUT2D eigenvalue weighted by Crippen LogP contribution is -2.57. The molecule has 4 nitrogen and oxygen atoms in total. The number of hydrogen-bond acceptors (Lipinski definition) is 4. The van der Waals surface area contributed by atoms with E-state index < -0.39 is 11.6 Å². The van der Waals surface area contributed by atoms with Crippen LogP contribution in [0.15, 0.2) is 11.6 Å². The van der Waals surface area contributed by atoms with Crippen molar-refractivity contribution in [2.45, 2.75) is 70.8 Å². The highest BCUT2D eigenvalue weighted by atomic mass is 16.5. The molecular formula is C21H30O4. The summed E-state index contributed by atoms with van der Waals surface area (Å²) in [7, 11) is 1.38. The molecule has 0 aromatic rings. The van der Waals surface area contributed by atoms with Crippen LogP contribution in [0.1, 0.15) is 65.2 Å². The maximum atomic E-state index is 12.4. The van der Waals surface area contributed by atoms with Crippen molar-refractivity contribution in [3.05, 3.63) is 11.6 Å². The summed E-state index contributed by atoms with van der Waals surface area (Å²) >= 11 is 0. The number of allylic oxidation sites excluding steroid dienone is 1. The fraction of sp³-hybridized carbons (Fsp3) is 0.810. The van der Waals surface area contributed by atoms with Crippen LogP contribution in [0.25, 0.3) is 0 Å². The third kappa shape index (κ3) is 2.09. The van der Waals surface area contributed by atoms with Crippen molar-refractivity contribution in [3.63, 3.8) is 0 Å². The number of rotatable bonds is 1. The lowest BCUT2D eigenvalue weighted by atomic mass is 9.46. The molecule has 0 unspecified atom stereocenters. The molecule has 4 aliphatic rings. The van der Waals surface area contributed by atoms with Gasteiger partial charge in [0.05, 0.1) is 7.11 Å². The number of fused-ring (bicyclic) bond motifs is 5. The number of aliphatic hydroxyl groups is 1. The molecule has 0 radical (unpaired) electrons. The second-order valence-electron chi connectivity index (χ2n) is 9.32. The highest BCUT2D eigenvalue weighted by Crippen LogP contribution is 2.67. The van der Waals surface area contributed by atoms with Gasteiger partial charge in [-0.3, -0.25) is 4.79 Å². The van der Waals surface area contributed by atoms with Gasteiger partial charge in [0.2, 0.25) is 0 Å². The number of esters is 1. The summed E-state index contributed by atoms with van der Waals surface area (Å²) in [5.74, 6) is 1.30. The normalized spacial score (nSPS) is 48.9. The van der Waals surface area contributed by atoms with E-state index in [-0.39, 0.29) is 16.6 Å². The molecule has 0 aromatic carbocycles. The summed E-state index contributed by atoms with van der Waals surface area (Å²) in [5.41, 5.74) is -0.237. The van der Waals surface area contributed by atoms with Crippen molar-refractivity contribution >= 4 is 11.8 Å². The van der Waals surface area contributed by atoms with Gasteiger partial charge in [0.25, 0.3) is 0 Å². The van der Waals surface area contributed by atoms with Crippen LogP contribution in [-0.2, 0) is 14.3 Å². The van der Waals surface area contributed by atoms with E-state index in [1.165, 1.54) is 12.7 Å². The molecule has 0 heterocycles. The summed E-state index contributed by atoms with van der Waals surface area (Å²) in [4.78, 5) is 24.3. The number of carbonyl (C=O) groups excluding carboxylic acids is 2. The third-order valence-corrected chi connectivity index (χ3v) is 8.64. The quantitative estimate of drug-likeness (QED) is 0.739. The third-order valence-electron chi connectivity index (χ3n) is 8.64. The van der Waals surface area contributed by atoms with Gasteiger partial charge in [0, 0.05) is 11.8 Å². The summed E-state index contributed by atoms with van der Waals surface area (Å²) in [6, 6.07) is 0. The Morgan fingerprint density at radius 3 is 2.56 bits per heavy atom. The lowest BCUT2D eigenvalue weighted by Gasteiger charge is -2.58. The number of methoxy groups -OCH3 is 1. The van der Waals surface area contributed by atoms with E-state index in [0.29, 0.717) is 30.6 Å². The van der Waals surface area contributed by atoms with E-state index in [1.54, 1.807) is 0 Å². The Labute approximate surface area is 150 Å². The van der Waals surface area contributed by atoms with E-state index in [9.17, 15) is 14.7 Å². The molecule has 6 atom stereocenters. The SMILES string of the molecule is COC(=O)[C@@]1(O)CC[C@H]2[C@@H]3CCC4=CC(=O)CC[C@]4(C)[C@H]3CC[C@@]21C. The van der Waals surface area contributed by atoms with Gasteiger partial charge in [-0.2, -0.15) is 0 Å². The van der Waals surface area contributed by atoms with E-state index in [1.807, 2.05) is 6.08 Å². The van der Waals surface area contributed by atoms with Crippen LogP contribution in [-0.4, -0.2) is 29.6 Å². The Morgan fingerprint density at radius 1 is 1.12 bits per heavy atom. The first kappa shape index (κ1) is 17.3. The molecule has 0 saturated heterocycles. The highest BCUT2D eigenvalue weighted by molar-refractivity contribution is 5.91. The van der Waals surface area contributed by atoms with Gasteiger partial charge in [-0.05, 0) is 74.2 Å². The van der Waals surface area contributed by atoms with Crippen LogP contribution in [0, 0.1) is 28.6 Å². The van der Waals surface area contributed by atoms with E-state index in [4.69, 9.17) is 4.74 Å². The molecule has 0 amide bonds. The zero-order chi connectivity index (χ0) is 18.0. The number of ketones is 1. The van der Waals surface area contributed by atoms with Gasteiger partial charge in [0.1, 0.15) is 0 Å². The second-order valence-corrected chi connectivity index (χ2v) is 9.32. The van der Waals surface area contributed by atoms with Gasteiger partial charge in [0.15, 0.2) is 11.4 Å². The molecule has 0 bridgehead atoms. The topological polar surface area (TPSA) is 63.6 Å². The maximum absolute atomic E-state index is 12.4. The van der Waals surface area contributed by atoms with Crippen molar-refractivity contribution < 1.29 is 19.4 Å². The van der Waals surface area contributed by atoms with Crippen LogP contribution in [0.4, 0.5) is 0 Å². The van der Waals surface area contributed by atoms with Gasteiger partial charge in [-0.15, -0.1) is 0 Å². The first-order valence-electron chi connectivity index (χ1n) is 9.81. The van der Waals surface area contributed by atoms with Crippen LogP contribution < -0.4 is 0 Å². The Balaban J connectivity index is 1.68. The Kier molecular flexibility index (Phi) is 3.74. The summed E-state index contributed by atoms with van der Waals surface area (Å²) in [6.07, 6.45) is 8.93. The molecule has 1 N–H and O–H groups in total. The first-order valence-corrected chi connectivity index (χ1v) is 9.81. The van der Waals surface area contributed by atoms with Crippen molar-refractivity contribution in [2.75, 3.05) is 7.11 Å². The van der Waals surface area contributed by atoms with E-state index in [0.717, 1.165) is 38.5 Å².